The lowest BCUT2D eigenvalue weighted by molar-refractivity contribution is 0.425. The van der Waals surface area contributed by atoms with Crippen molar-refractivity contribution in [2.75, 3.05) is 18.8 Å². The lowest BCUT2D eigenvalue weighted by atomic mass is 10.3. The summed E-state index contributed by atoms with van der Waals surface area (Å²) in [6, 6.07) is 5.91. The normalized spacial score (nSPS) is 16.6. The molecule has 1 aliphatic heterocycles. The highest BCUT2D eigenvalue weighted by Gasteiger charge is 2.19. The van der Waals surface area contributed by atoms with E-state index >= 15 is 0 Å². The zero-order valence-electron chi connectivity index (χ0n) is 9.18. The van der Waals surface area contributed by atoms with Gasteiger partial charge in [-0.25, -0.2) is 9.29 Å². The van der Waals surface area contributed by atoms with Crippen LogP contribution < -0.4 is 5.73 Å². The summed E-state index contributed by atoms with van der Waals surface area (Å²) in [7, 11) is 0. The lowest BCUT2D eigenvalue weighted by Gasteiger charge is -2.24. The van der Waals surface area contributed by atoms with Gasteiger partial charge in [0.2, 0.25) is 0 Å². The Bertz CT molecular complexity index is 534. The van der Waals surface area contributed by atoms with E-state index in [0.717, 1.165) is 41.5 Å². The van der Waals surface area contributed by atoms with Crippen molar-refractivity contribution in [2.24, 2.45) is 0 Å². The topological polar surface area (TPSA) is 47.1 Å². The van der Waals surface area contributed by atoms with Gasteiger partial charge in [0.1, 0.15) is 0 Å². The van der Waals surface area contributed by atoms with Crippen molar-refractivity contribution in [1.82, 2.24) is 13.9 Å². The van der Waals surface area contributed by atoms with E-state index in [1.165, 1.54) is 0 Å². The van der Waals surface area contributed by atoms with E-state index in [-0.39, 0.29) is 0 Å². The van der Waals surface area contributed by atoms with Gasteiger partial charge in [0, 0.05) is 25.3 Å². The fourth-order valence-corrected chi connectivity index (χ4v) is 2.96. The molecule has 0 saturated carbocycles. The van der Waals surface area contributed by atoms with Crippen LogP contribution in [-0.2, 0) is 6.54 Å². The van der Waals surface area contributed by atoms with Crippen LogP contribution in [0.2, 0.25) is 0 Å². The molecule has 2 heterocycles. The largest absolute Gasteiger partial charge is 0.399 e. The predicted octanol–water partition coefficient (Wildman–Crippen LogP) is 1.96. The first-order chi connectivity index (χ1) is 7.78. The summed E-state index contributed by atoms with van der Waals surface area (Å²) in [6.07, 6.45) is 0. The fraction of sp³-hybridized carbons (Fsp3) is 0.364. The van der Waals surface area contributed by atoms with Gasteiger partial charge in [0.15, 0.2) is 5.16 Å². The zero-order valence-corrected chi connectivity index (χ0v) is 10.00. The van der Waals surface area contributed by atoms with Crippen LogP contribution in [0.5, 0.6) is 0 Å². The maximum atomic E-state index is 5.81. The smallest absolute Gasteiger partial charge is 0.184 e. The van der Waals surface area contributed by atoms with Crippen molar-refractivity contribution < 1.29 is 0 Å². The summed E-state index contributed by atoms with van der Waals surface area (Å²) >= 11 is 1.73. The number of nitrogens with zero attached hydrogens (tertiary/aromatic N) is 3. The Balaban J connectivity index is 2.13. The van der Waals surface area contributed by atoms with Gasteiger partial charge in [-0.3, -0.25) is 0 Å². The highest BCUT2D eigenvalue weighted by Crippen LogP contribution is 2.30. The SMILES string of the molecule is CCN1CCn2c(nc3ccc(N)cc32)S1. The number of hydrogen-bond donors (Lipinski definition) is 1. The molecule has 5 heteroatoms. The summed E-state index contributed by atoms with van der Waals surface area (Å²) in [6.45, 7) is 5.28. The van der Waals surface area contributed by atoms with Crippen LogP contribution in [0.4, 0.5) is 5.69 Å². The van der Waals surface area contributed by atoms with E-state index in [1.54, 1.807) is 11.9 Å². The van der Waals surface area contributed by atoms with Gasteiger partial charge in [-0.1, -0.05) is 6.92 Å². The molecule has 3 rings (SSSR count). The Morgan fingerprint density at radius 1 is 1.44 bits per heavy atom. The molecule has 16 heavy (non-hydrogen) atoms. The third kappa shape index (κ3) is 1.47. The number of aromatic nitrogens is 2. The number of imidazole rings is 1. The van der Waals surface area contributed by atoms with Crippen molar-refractivity contribution in [3.63, 3.8) is 0 Å². The molecule has 0 fully saturated rings. The Hall–Kier alpha value is -1.20. The number of anilines is 1. The number of hydrogen-bond acceptors (Lipinski definition) is 4. The van der Waals surface area contributed by atoms with Crippen LogP contribution in [0.15, 0.2) is 23.4 Å². The van der Waals surface area contributed by atoms with E-state index in [9.17, 15) is 0 Å². The summed E-state index contributed by atoms with van der Waals surface area (Å²) < 4.78 is 4.58. The third-order valence-electron chi connectivity index (χ3n) is 2.87. The van der Waals surface area contributed by atoms with Gasteiger partial charge in [-0.15, -0.1) is 0 Å². The number of nitrogen functional groups attached to an aromatic ring is 1. The standard InChI is InChI=1S/C11H14N4S/c1-2-14-5-6-15-10-7-8(12)3-4-9(10)13-11(15)16-14/h3-4,7H,2,5-6,12H2,1H3. The van der Waals surface area contributed by atoms with Gasteiger partial charge in [-0.05, 0) is 30.1 Å². The first kappa shape index (κ1) is 9.99. The molecule has 0 saturated heterocycles. The molecule has 2 N–H and O–H groups in total. The van der Waals surface area contributed by atoms with E-state index in [0.29, 0.717) is 0 Å². The van der Waals surface area contributed by atoms with Crippen LogP contribution in [0, 0.1) is 0 Å². The number of rotatable bonds is 1. The van der Waals surface area contributed by atoms with Crippen molar-refractivity contribution in [2.45, 2.75) is 18.6 Å². The second-order valence-corrected chi connectivity index (χ2v) is 4.97. The van der Waals surface area contributed by atoms with Gasteiger partial charge in [-0.2, -0.15) is 0 Å². The second-order valence-electron chi connectivity index (χ2n) is 3.91. The summed E-state index contributed by atoms with van der Waals surface area (Å²) in [4.78, 5) is 4.62. The molecule has 1 aromatic carbocycles. The second kappa shape index (κ2) is 3.68. The lowest BCUT2D eigenvalue weighted by Crippen LogP contribution is -2.26. The average Bonchev–Trinajstić information content (AvgIpc) is 2.66. The molecule has 0 atom stereocenters. The highest BCUT2D eigenvalue weighted by molar-refractivity contribution is 7.96. The average molecular weight is 234 g/mol. The quantitative estimate of drug-likeness (QED) is 0.605. The maximum absolute atomic E-state index is 5.81. The van der Waals surface area contributed by atoms with Crippen molar-refractivity contribution in [3.05, 3.63) is 18.2 Å². The van der Waals surface area contributed by atoms with Crippen LogP contribution >= 0.6 is 11.9 Å². The van der Waals surface area contributed by atoms with Crippen LogP contribution in [0.25, 0.3) is 11.0 Å². The Labute approximate surface area is 98.6 Å². The molecule has 84 valence electrons. The maximum Gasteiger partial charge on any atom is 0.184 e. The summed E-state index contributed by atoms with van der Waals surface area (Å²) in [5.41, 5.74) is 8.80. The zero-order chi connectivity index (χ0) is 11.1. The molecular formula is C11H14N4S. The first-order valence-electron chi connectivity index (χ1n) is 5.46. The van der Waals surface area contributed by atoms with E-state index in [2.05, 4.69) is 20.8 Å². The molecule has 0 amide bonds. The third-order valence-corrected chi connectivity index (χ3v) is 4.05. The molecule has 0 spiro atoms. The number of nitrogens with two attached hydrogens (primary N) is 1. The number of fused-ring (bicyclic) bond motifs is 3. The van der Waals surface area contributed by atoms with Gasteiger partial charge >= 0.3 is 0 Å². The van der Waals surface area contributed by atoms with E-state index in [4.69, 9.17) is 5.73 Å². The van der Waals surface area contributed by atoms with Crippen molar-refractivity contribution in [3.8, 4) is 0 Å². The minimum atomic E-state index is 0.804. The summed E-state index contributed by atoms with van der Waals surface area (Å²) in [5, 5.41) is 1.08. The molecule has 1 aromatic heterocycles. The molecule has 4 nitrogen and oxygen atoms in total. The van der Waals surface area contributed by atoms with Crippen molar-refractivity contribution in [1.29, 1.82) is 0 Å². The minimum Gasteiger partial charge on any atom is -0.399 e. The van der Waals surface area contributed by atoms with E-state index in [1.807, 2.05) is 18.2 Å². The van der Waals surface area contributed by atoms with Crippen LogP contribution in [-0.4, -0.2) is 26.9 Å². The Morgan fingerprint density at radius 3 is 3.12 bits per heavy atom. The van der Waals surface area contributed by atoms with Crippen molar-refractivity contribution >= 4 is 28.7 Å². The van der Waals surface area contributed by atoms with E-state index < -0.39 is 0 Å². The molecule has 0 unspecified atom stereocenters. The number of likely N-dealkylation sites (N-methyl/N-ethyl adjacent to an activating group) is 1. The highest BCUT2D eigenvalue weighted by atomic mass is 32.2. The Morgan fingerprint density at radius 2 is 2.31 bits per heavy atom. The molecule has 0 radical (unpaired) electrons. The predicted molar refractivity (Wildman–Crippen MR) is 67.2 cm³/mol. The molecule has 0 bridgehead atoms. The van der Waals surface area contributed by atoms with Crippen LogP contribution in [0.1, 0.15) is 6.92 Å². The monoisotopic (exact) mass is 234 g/mol. The summed E-state index contributed by atoms with van der Waals surface area (Å²) in [5.74, 6) is 0. The minimum absolute atomic E-state index is 0.804. The Kier molecular flexibility index (Phi) is 2.29. The molecular weight excluding hydrogens is 220 g/mol. The molecule has 2 aromatic rings. The molecule has 0 aliphatic carbocycles. The van der Waals surface area contributed by atoms with Gasteiger partial charge < -0.3 is 10.3 Å². The fourth-order valence-electron chi connectivity index (χ4n) is 2.00. The van der Waals surface area contributed by atoms with Crippen LogP contribution in [0.3, 0.4) is 0 Å². The first-order valence-corrected chi connectivity index (χ1v) is 6.24. The van der Waals surface area contributed by atoms with Gasteiger partial charge in [0.05, 0.1) is 11.0 Å². The van der Waals surface area contributed by atoms with Gasteiger partial charge in [0.25, 0.3) is 0 Å². The molecule has 1 aliphatic rings. The number of benzene rings is 1.